The quantitative estimate of drug-likeness (QED) is 0.489. The van der Waals surface area contributed by atoms with E-state index in [4.69, 9.17) is 9.47 Å². The van der Waals surface area contributed by atoms with Gasteiger partial charge in [-0.05, 0) is 18.4 Å². The number of hydrogen-bond donors (Lipinski definition) is 1. The summed E-state index contributed by atoms with van der Waals surface area (Å²) in [6.07, 6.45) is 3.38. The molecule has 0 saturated carbocycles. The summed E-state index contributed by atoms with van der Waals surface area (Å²) in [4.78, 5) is 0. The highest BCUT2D eigenvalue weighted by Crippen LogP contribution is 2.16. The van der Waals surface area contributed by atoms with Crippen molar-refractivity contribution in [3.05, 3.63) is 0 Å². The van der Waals surface area contributed by atoms with E-state index in [1.54, 1.807) is 0 Å². The minimum atomic E-state index is 0.279. The summed E-state index contributed by atoms with van der Waals surface area (Å²) in [6, 6.07) is 0. The van der Waals surface area contributed by atoms with E-state index in [-0.39, 0.29) is 5.41 Å². The van der Waals surface area contributed by atoms with E-state index in [9.17, 15) is 0 Å². The molecule has 0 radical (unpaired) electrons. The summed E-state index contributed by atoms with van der Waals surface area (Å²) in [5, 5.41) is 3.33. The van der Waals surface area contributed by atoms with E-state index in [2.05, 4.69) is 44.9 Å². The van der Waals surface area contributed by atoms with Gasteiger partial charge in [-0.2, -0.15) is 0 Å². The number of rotatable bonds is 10. The van der Waals surface area contributed by atoms with Crippen LogP contribution in [0.2, 0.25) is 0 Å². The Morgan fingerprint density at radius 1 is 0.947 bits per heavy atom. The van der Waals surface area contributed by atoms with Gasteiger partial charge >= 0.3 is 0 Å². The van der Waals surface area contributed by atoms with Crippen LogP contribution in [0.4, 0.5) is 0 Å². The molecule has 0 heterocycles. The van der Waals surface area contributed by atoms with E-state index in [1.165, 1.54) is 12.8 Å². The highest BCUT2D eigenvalue weighted by atomic mass is 16.5. The summed E-state index contributed by atoms with van der Waals surface area (Å²) < 4.78 is 10.8. The van der Waals surface area contributed by atoms with Crippen molar-refractivity contribution in [3.8, 4) is 11.8 Å². The van der Waals surface area contributed by atoms with Crippen molar-refractivity contribution in [1.82, 2.24) is 5.32 Å². The zero-order chi connectivity index (χ0) is 14.4. The van der Waals surface area contributed by atoms with Crippen LogP contribution in [0, 0.1) is 17.3 Å². The van der Waals surface area contributed by atoms with Crippen molar-refractivity contribution in [2.75, 3.05) is 39.5 Å². The van der Waals surface area contributed by atoms with Gasteiger partial charge in [0.25, 0.3) is 0 Å². The second kappa shape index (κ2) is 12.5. The molecule has 1 N–H and O–H groups in total. The molecule has 112 valence electrons. The Hall–Kier alpha value is -0.560. The van der Waals surface area contributed by atoms with E-state index < -0.39 is 0 Å². The first-order valence-electron chi connectivity index (χ1n) is 7.38. The lowest BCUT2D eigenvalue weighted by Crippen LogP contribution is -2.21. The first kappa shape index (κ1) is 18.4. The number of hydrogen-bond acceptors (Lipinski definition) is 3. The Kier molecular flexibility index (Phi) is 12.1. The van der Waals surface area contributed by atoms with Crippen LogP contribution in [-0.2, 0) is 9.47 Å². The minimum absolute atomic E-state index is 0.279. The molecule has 3 nitrogen and oxygen atoms in total. The molecule has 3 heteroatoms. The monoisotopic (exact) mass is 269 g/mol. The average Bonchev–Trinajstić information content (AvgIpc) is 2.34. The Labute approximate surface area is 119 Å². The summed E-state index contributed by atoms with van der Waals surface area (Å²) in [5.41, 5.74) is 0.279. The predicted octanol–water partition coefficient (Wildman–Crippen LogP) is 2.85. The van der Waals surface area contributed by atoms with Gasteiger partial charge in [-0.1, -0.05) is 40.0 Å². The summed E-state index contributed by atoms with van der Waals surface area (Å²) in [6.45, 7) is 13.3. The molecule has 0 aromatic carbocycles. The Balaban J connectivity index is 3.15. The van der Waals surface area contributed by atoms with Gasteiger partial charge in [0, 0.05) is 13.0 Å². The van der Waals surface area contributed by atoms with Crippen molar-refractivity contribution in [2.45, 2.75) is 47.0 Å². The van der Waals surface area contributed by atoms with Gasteiger partial charge < -0.3 is 14.8 Å². The second-order valence-electron chi connectivity index (χ2n) is 5.86. The number of nitrogens with one attached hydrogen (secondary N) is 1. The van der Waals surface area contributed by atoms with Gasteiger partial charge in [0.2, 0.25) is 0 Å². The van der Waals surface area contributed by atoms with Gasteiger partial charge in [0.15, 0.2) is 0 Å². The largest absolute Gasteiger partial charge is 0.378 e. The maximum atomic E-state index is 5.44. The number of unbranched alkanes of at least 4 members (excludes halogenated alkanes) is 1. The molecule has 0 bridgehead atoms. The van der Waals surface area contributed by atoms with Crippen molar-refractivity contribution >= 4 is 0 Å². The van der Waals surface area contributed by atoms with Gasteiger partial charge in [-0.3, -0.25) is 0 Å². The lowest BCUT2D eigenvalue weighted by atomic mass is 9.93. The molecular weight excluding hydrogens is 238 g/mol. The lowest BCUT2D eigenvalue weighted by molar-refractivity contribution is 0.0613. The first-order valence-corrected chi connectivity index (χ1v) is 7.38. The third-order valence-electron chi connectivity index (χ3n) is 2.42. The molecule has 0 spiro atoms. The topological polar surface area (TPSA) is 30.5 Å². The van der Waals surface area contributed by atoms with Crippen molar-refractivity contribution in [1.29, 1.82) is 0 Å². The van der Waals surface area contributed by atoms with Crippen molar-refractivity contribution in [3.63, 3.8) is 0 Å². The van der Waals surface area contributed by atoms with Gasteiger partial charge in [0.1, 0.15) is 6.61 Å². The smallest absolute Gasteiger partial charge is 0.107 e. The molecular formula is C16H31NO2. The summed E-state index contributed by atoms with van der Waals surface area (Å²) in [5.74, 6) is 6.16. The highest BCUT2D eigenvalue weighted by Gasteiger charge is 2.06. The summed E-state index contributed by atoms with van der Waals surface area (Å²) in [7, 11) is 0. The normalized spacial score (nSPS) is 11.2. The van der Waals surface area contributed by atoms with E-state index in [0.717, 1.165) is 26.1 Å². The van der Waals surface area contributed by atoms with Crippen LogP contribution < -0.4 is 5.32 Å². The fraction of sp³-hybridized carbons (Fsp3) is 0.875. The highest BCUT2D eigenvalue weighted by molar-refractivity contribution is 5.01. The first-order chi connectivity index (χ1) is 9.06. The van der Waals surface area contributed by atoms with Crippen LogP contribution in [0.1, 0.15) is 47.0 Å². The number of ether oxygens (including phenoxy) is 2. The molecule has 0 aliphatic carbocycles. The van der Waals surface area contributed by atoms with Crippen LogP contribution in [0.25, 0.3) is 0 Å². The molecule has 19 heavy (non-hydrogen) atoms. The Morgan fingerprint density at radius 3 is 2.37 bits per heavy atom. The average molecular weight is 269 g/mol. The zero-order valence-electron chi connectivity index (χ0n) is 13.2. The SMILES string of the molecule is CCCCNCCOCCOCC#CCC(C)(C)C. The van der Waals surface area contributed by atoms with E-state index in [0.29, 0.717) is 19.8 Å². The molecule has 0 aliphatic rings. The fourth-order valence-corrected chi connectivity index (χ4v) is 1.29. The maximum Gasteiger partial charge on any atom is 0.107 e. The fourth-order valence-electron chi connectivity index (χ4n) is 1.29. The van der Waals surface area contributed by atoms with Crippen molar-refractivity contribution in [2.24, 2.45) is 5.41 Å². The predicted molar refractivity (Wildman–Crippen MR) is 81.3 cm³/mol. The van der Waals surface area contributed by atoms with Crippen LogP contribution in [0.5, 0.6) is 0 Å². The van der Waals surface area contributed by atoms with E-state index >= 15 is 0 Å². The van der Waals surface area contributed by atoms with Gasteiger partial charge in [0.05, 0.1) is 19.8 Å². The minimum Gasteiger partial charge on any atom is -0.378 e. The van der Waals surface area contributed by atoms with Crippen LogP contribution >= 0.6 is 0 Å². The molecule has 0 aliphatic heterocycles. The maximum absolute atomic E-state index is 5.44. The second-order valence-corrected chi connectivity index (χ2v) is 5.86. The zero-order valence-corrected chi connectivity index (χ0v) is 13.2. The molecule has 0 fully saturated rings. The molecule has 0 atom stereocenters. The Morgan fingerprint density at radius 2 is 1.68 bits per heavy atom. The standard InChI is InChI=1S/C16H31NO2/c1-5-6-10-17-11-13-19-15-14-18-12-8-7-9-16(2,3)4/h17H,5-6,9-15H2,1-4H3. The van der Waals surface area contributed by atoms with Gasteiger partial charge in [-0.15, -0.1) is 5.92 Å². The van der Waals surface area contributed by atoms with Gasteiger partial charge in [-0.25, -0.2) is 0 Å². The van der Waals surface area contributed by atoms with Crippen LogP contribution in [0.3, 0.4) is 0 Å². The van der Waals surface area contributed by atoms with E-state index in [1.807, 2.05) is 0 Å². The molecule has 0 unspecified atom stereocenters. The summed E-state index contributed by atoms with van der Waals surface area (Å²) >= 11 is 0. The Bertz CT molecular complexity index is 248. The molecule has 0 saturated heterocycles. The molecule has 0 aromatic heterocycles. The third kappa shape index (κ3) is 17.4. The van der Waals surface area contributed by atoms with Crippen molar-refractivity contribution < 1.29 is 9.47 Å². The molecule has 0 aromatic rings. The van der Waals surface area contributed by atoms with Crippen LogP contribution in [0.15, 0.2) is 0 Å². The van der Waals surface area contributed by atoms with Crippen LogP contribution in [-0.4, -0.2) is 39.5 Å². The third-order valence-corrected chi connectivity index (χ3v) is 2.42. The lowest BCUT2D eigenvalue weighted by Gasteiger charge is -2.12. The molecule has 0 amide bonds. The molecule has 0 rings (SSSR count).